The van der Waals surface area contributed by atoms with Crippen molar-refractivity contribution >= 4 is 44.9 Å². The summed E-state index contributed by atoms with van der Waals surface area (Å²) in [6.45, 7) is 7.79. The zero-order chi connectivity index (χ0) is 23.0. The average Bonchev–Trinajstić information content (AvgIpc) is 3.03. The third kappa shape index (κ3) is 4.33. The average molecular weight is 468 g/mol. The molecule has 0 atom stereocenters. The fraction of sp³-hybridized carbons (Fsp3) is 0.208. The number of thioether (sulfide) groups is 1. The van der Waals surface area contributed by atoms with Crippen LogP contribution in [0.1, 0.15) is 21.6 Å². The zero-order valence-corrected chi connectivity index (χ0v) is 19.8. The van der Waals surface area contributed by atoms with E-state index in [1.807, 2.05) is 45.9 Å². The standard InChI is InChI=1S/C24H22FN3O2S2/c1-13-5-10-19(14(2)11-13)26-20(29)12-31-24-27-22-21(15(3)16(4)32-22)23(30)28(24)18-8-6-17(25)7-9-18/h5-11H,12H2,1-4H3,(H,26,29). The van der Waals surface area contributed by atoms with E-state index in [-0.39, 0.29) is 23.0 Å². The molecule has 2 aromatic heterocycles. The van der Waals surface area contributed by atoms with Gasteiger partial charge in [0.15, 0.2) is 5.16 Å². The molecule has 2 heterocycles. The maximum Gasteiger partial charge on any atom is 0.267 e. The molecular weight excluding hydrogens is 445 g/mol. The van der Waals surface area contributed by atoms with Gasteiger partial charge in [-0.15, -0.1) is 11.3 Å². The number of carbonyl (C=O) groups is 1. The first-order valence-electron chi connectivity index (χ1n) is 10.0. The van der Waals surface area contributed by atoms with Gasteiger partial charge in [-0.25, -0.2) is 9.37 Å². The van der Waals surface area contributed by atoms with Gasteiger partial charge in [-0.3, -0.25) is 14.2 Å². The molecule has 0 unspecified atom stereocenters. The van der Waals surface area contributed by atoms with Gasteiger partial charge < -0.3 is 5.32 Å². The molecule has 1 N–H and O–H groups in total. The number of anilines is 1. The lowest BCUT2D eigenvalue weighted by molar-refractivity contribution is -0.113. The van der Waals surface area contributed by atoms with Gasteiger partial charge in [0.25, 0.3) is 5.56 Å². The smallest absolute Gasteiger partial charge is 0.267 e. The number of aromatic nitrogens is 2. The summed E-state index contributed by atoms with van der Waals surface area (Å²) >= 11 is 2.63. The van der Waals surface area contributed by atoms with Crippen LogP contribution in [0.5, 0.6) is 0 Å². The largest absolute Gasteiger partial charge is 0.325 e. The highest BCUT2D eigenvalue weighted by atomic mass is 32.2. The van der Waals surface area contributed by atoms with Crippen molar-refractivity contribution in [3.8, 4) is 5.69 Å². The third-order valence-electron chi connectivity index (χ3n) is 5.25. The fourth-order valence-electron chi connectivity index (χ4n) is 3.46. The second-order valence-corrected chi connectivity index (χ2v) is 9.78. The number of rotatable bonds is 5. The molecule has 4 rings (SSSR count). The topological polar surface area (TPSA) is 64.0 Å². The molecule has 0 saturated heterocycles. The van der Waals surface area contributed by atoms with Crippen LogP contribution in [0, 0.1) is 33.5 Å². The monoisotopic (exact) mass is 467 g/mol. The van der Waals surface area contributed by atoms with Gasteiger partial charge in [0, 0.05) is 10.6 Å². The highest BCUT2D eigenvalue weighted by Gasteiger charge is 2.19. The summed E-state index contributed by atoms with van der Waals surface area (Å²) in [4.78, 5) is 32.4. The number of thiophene rings is 1. The van der Waals surface area contributed by atoms with Crippen molar-refractivity contribution in [2.45, 2.75) is 32.9 Å². The molecule has 8 heteroatoms. The lowest BCUT2D eigenvalue weighted by Gasteiger charge is -2.13. The van der Waals surface area contributed by atoms with Gasteiger partial charge in [-0.2, -0.15) is 0 Å². The molecule has 0 fully saturated rings. The van der Waals surface area contributed by atoms with Gasteiger partial charge in [-0.05, 0) is 69.2 Å². The van der Waals surface area contributed by atoms with Crippen molar-refractivity contribution in [2.24, 2.45) is 0 Å². The minimum atomic E-state index is -0.388. The molecule has 0 aliphatic carbocycles. The van der Waals surface area contributed by atoms with Crippen LogP contribution in [0.15, 0.2) is 52.4 Å². The molecular formula is C24H22FN3O2S2. The number of hydrogen-bond acceptors (Lipinski definition) is 5. The maximum absolute atomic E-state index is 13.5. The van der Waals surface area contributed by atoms with E-state index in [9.17, 15) is 14.0 Å². The minimum absolute atomic E-state index is 0.0792. The molecule has 2 aromatic carbocycles. The lowest BCUT2D eigenvalue weighted by Crippen LogP contribution is -2.23. The Hall–Kier alpha value is -2.97. The van der Waals surface area contributed by atoms with Crippen LogP contribution in [0.2, 0.25) is 0 Å². The molecule has 5 nitrogen and oxygen atoms in total. The van der Waals surface area contributed by atoms with E-state index < -0.39 is 0 Å². The van der Waals surface area contributed by atoms with Crippen LogP contribution < -0.4 is 10.9 Å². The number of nitrogens with zero attached hydrogens (tertiary/aromatic N) is 2. The number of benzene rings is 2. The molecule has 0 bridgehead atoms. The summed E-state index contributed by atoms with van der Waals surface area (Å²) < 4.78 is 14.9. The van der Waals surface area contributed by atoms with Crippen LogP contribution in [-0.4, -0.2) is 21.2 Å². The Morgan fingerprint density at radius 3 is 2.53 bits per heavy atom. The molecule has 4 aromatic rings. The fourth-order valence-corrected chi connectivity index (χ4v) is 5.34. The van der Waals surface area contributed by atoms with Gasteiger partial charge in [0.05, 0.1) is 16.8 Å². The van der Waals surface area contributed by atoms with E-state index in [4.69, 9.17) is 4.98 Å². The van der Waals surface area contributed by atoms with Crippen LogP contribution in [0.3, 0.4) is 0 Å². The highest BCUT2D eigenvalue weighted by Crippen LogP contribution is 2.29. The van der Waals surface area contributed by atoms with Gasteiger partial charge >= 0.3 is 0 Å². The number of halogens is 1. The molecule has 164 valence electrons. The third-order valence-corrected chi connectivity index (χ3v) is 7.29. The van der Waals surface area contributed by atoms with Crippen molar-refractivity contribution in [1.29, 1.82) is 0 Å². The number of hydrogen-bond donors (Lipinski definition) is 1. The van der Waals surface area contributed by atoms with Crippen molar-refractivity contribution in [1.82, 2.24) is 9.55 Å². The molecule has 0 aliphatic rings. The Bertz CT molecular complexity index is 1390. The summed E-state index contributed by atoms with van der Waals surface area (Å²) in [5.74, 6) is -0.503. The first-order valence-corrected chi connectivity index (χ1v) is 11.8. The van der Waals surface area contributed by atoms with Crippen molar-refractivity contribution in [2.75, 3.05) is 11.1 Å². The summed E-state index contributed by atoms with van der Waals surface area (Å²) in [5.41, 5.74) is 4.03. The first kappa shape index (κ1) is 22.2. The Kier molecular flexibility index (Phi) is 6.17. The van der Waals surface area contributed by atoms with Crippen LogP contribution in [0.25, 0.3) is 15.9 Å². The summed E-state index contributed by atoms with van der Waals surface area (Å²) in [6.07, 6.45) is 0. The number of amides is 1. The van der Waals surface area contributed by atoms with E-state index in [2.05, 4.69) is 5.32 Å². The number of carbonyl (C=O) groups excluding carboxylic acids is 1. The van der Waals surface area contributed by atoms with Crippen molar-refractivity contribution in [3.05, 3.63) is 80.2 Å². The second-order valence-electron chi connectivity index (χ2n) is 7.63. The Morgan fingerprint density at radius 2 is 1.84 bits per heavy atom. The lowest BCUT2D eigenvalue weighted by atomic mass is 10.1. The predicted octanol–water partition coefficient (Wildman–Crippen LogP) is 5.55. The first-order chi connectivity index (χ1) is 15.2. The van der Waals surface area contributed by atoms with E-state index in [1.165, 1.54) is 39.8 Å². The zero-order valence-electron chi connectivity index (χ0n) is 18.2. The maximum atomic E-state index is 13.5. The van der Waals surface area contributed by atoms with E-state index in [0.29, 0.717) is 21.1 Å². The van der Waals surface area contributed by atoms with Gasteiger partial charge in [-0.1, -0.05) is 29.5 Å². The molecule has 1 amide bonds. The summed E-state index contributed by atoms with van der Waals surface area (Å²) in [5, 5.41) is 3.87. The van der Waals surface area contributed by atoms with Gasteiger partial charge in [0.1, 0.15) is 10.6 Å². The molecule has 0 saturated carbocycles. The van der Waals surface area contributed by atoms with Crippen LogP contribution in [0.4, 0.5) is 10.1 Å². The SMILES string of the molecule is Cc1ccc(NC(=O)CSc2nc3sc(C)c(C)c3c(=O)n2-c2ccc(F)cc2)c(C)c1. The normalized spacial score (nSPS) is 11.2. The molecule has 0 radical (unpaired) electrons. The number of aryl methyl sites for hydroxylation is 4. The van der Waals surface area contributed by atoms with Crippen molar-refractivity contribution < 1.29 is 9.18 Å². The van der Waals surface area contributed by atoms with E-state index in [0.717, 1.165) is 27.3 Å². The van der Waals surface area contributed by atoms with Crippen molar-refractivity contribution in [3.63, 3.8) is 0 Å². The second kappa shape index (κ2) is 8.88. The molecule has 0 aliphatic heterocycles. The molecule has 32 heavy (non-hydrogen) atoms. The highest BCUT2D eigenvalue weighted by molar-refractivity contribution is 7.99. The summed E-state index contributed by atoms with van der Waals surface area (Å²) in [7, 11) is 0. The van der Waals surface area contributed by atoms with E-state index in [1.54, 1.807) is 12.1 Å². The predicted molar refractivity (Wildman–Crippen MR) is 130 cm³/mol. The van der Waals surface area contributed by atoms with Gasteiger partial charge in [0.2, 0.25) is 5.91 Å². The Morgan fingerprint density at radius 1 is 1.12 bits per heavy atom. The number of fused-ring (bicyclic) bond motifs is 1. The van der Waals surface area contributed by atoms with E-state index >= 15 is 0 Å². The summed E-state index contributed by atoms with van der Waals surface area (Å²) in [6, 6.07) is 11.5. The Balaban J connectivity index is 1.69. The number of nitrogens with one attached hydrogen (secondary N) is 1. The van der Waals surface area contributed by atoms with Crippen LogP contribution in [-0.2, 0) is 4.79 Å². The minimum Gasteiger partial charge on any atom is -0.325 e. The van der Waals surface area contributed by atoms with Crippen LogP contribution >= 0.6 is 23.1 Å². The quantitative estimate of drug-likeness (QED) is 0.309. The Labute approximate surface area is 193 Å². The molecule has 0 spiro atoms.